The zero-order chi connectivity index (χ0) is 26.3. The van der Waals surface area contributed by atoms with Crippen molar-refractivity contribution in [2.24, 2.45) is 0 Å². The molecule has 2 aliphatic heterocycles. The lowest BCUT2D eigenvalue weighted by Crippen LogP contribution is -2.39. The molecular formula is C27H26FNO7S. The molecule has 0 radical (unpaired) electrons. The summed E-state index contributed by atoms with van der Waals surface area (Å²) in [5.41, 5.74) is 4.04. The van der Waals surface area contributed by atoms with Gasteiger partial charge >= 0.3 is 16.1 Å². The molecule has 0 aromatic heterocycles. The fourth-order valence-corrected chi connectivity index (χ4v) is 6.10. The third-order valence-corrected chi connectivity index (χ3v) is 8.15. The van der Waals surface area contributed by atoms with Gasteiger partial charge in [-0.05, 0) is 65.9 Å². The minimum atomic E-state index is -4.31. The molecule has 37 heavy (non-hydrogen) atoms. The van der Waals surface area contributed by atoms with Gasteiger partial charge < -0.3 is 18.4 Å². The molecule has 2 heterocycles. The first kappa shape index (κ1) is 25.0. The number of ether oxygens (including phenoxy) is 3. The van der Waals surface area contributed by atoms with E-state index in [0.29, 0.717) is 36.4 Å². The monoisotopic (exact) mass is 527 g/mol. The molecule has 10 heteroatoms. The van der Waals surface area contributed by atoms with Gasteiger partial charge in [0.1, 0.15) is 22.0 Å². The van der Waals surface area contributed by atoms with Crippen molar-refractivity contribution in [2.75, 3.05) is 27.9 Å². The van der Waals surface area contributed by atoms with Gasteiger partial charge in [-0.3, -0.25) is 4.90 Å². The van der Waals surface area contributed by atoms with Crippen LogP contribution in [0.15, 0.2) is 53.4 Å². The van der Waals surface area contributed by atoms with E-state index < -0.39 is 21.9 Å². The van der Waals surface area contributed by atoms with Crippen molar-refractivity contribution in [1.82, 2.24) is 4.90 Å². The number of benzene rings is 3. The quantitative estimate of drug-likeness (QED) is 0.350. The van der Waals surface area contributed by atoms with E-state index in [0.717, 1.165) is 29.2 Å². The fourth-order valence-electron chi connectivity index (χ4n) is 5.10. The average Bonchev–Trinajstić information content (AvgIpc) is 2.90. The Morgan fingerprint density at radius 2 is 1.78 bits per heavy atom. The highest BCUT2D eigenvalue weighted by molar-refractivity contribution is 7.87. The van der Waals surface area contributed by atoms with Gasteiger partial charge in [0.25, 0.3) is 0 Å². The summed E-state index contributed by atoms with van der Waals surface area (Å²) < 4.78 is 61.2. The highest BCUT2D eigenvalue weighted by Crippen LogP contribution is 2.45. The molecule has 0 amide bonds. The number of esters is 1. The lowest BCUT2D eigenvalue weighted by atomic mass is 9.83. The number of nitrogens with zero attached hydrogens (tertiary/aromatic N) is 1. The van der Waals surface area contributed by atoms with Gasteiger partial charge in [0.2, 0.25) is 0 Å². The summed E-state index contributed by atoms with van der Waals surface area (Å²) >= 11 is 0. The molecule has 0 saturated heterocycles. The van der Waals surface area contributed by atoms with Crippen LogP contribution in [-0.4, -0.2) is 47.2 Å². The van der Waals surface area contributed by atoms with Gasteiger partial charge in [0.05, 0.1) is 21.3 Å². The van der Waals surface area contributed by atoms with Crippen LogP contribution in [0.2, 0.25) is 0 Å². The summed E-state index contributed by atoms with van der Waals surface area (Å²) in [6, 6.07) is 11.9. The van der Waals surface area contributed by atoms with E-state index in [-0.39, 0.29) is 22.4 Å². The van der Waals surface area contributed by atoms with Crippen molar-refractivity contribution in [1.29, 1.82) is 0 Å². The molecule has 194 valence electrons. The van der Waals surface area contributed by atoms with Crippen molar-refractivity contribution in [3.05, 3.63) is 82.2 Å². The predicted molar refractivity (Wildman–Crippen MR) is 132 cm³/mol. The van der Waals surface area contributed by atoms with Crippen LogP contribution in [0, 0.1) is 5.82 Å². The molecule has 0 aliphatic carbocycles. The first-order chi connectivity index (χ1) is 17.7. The molecule has 8 nitrogen and oxygen atoms in total. The SMILES string of the molecule is COC(=O)c1cc2c(cc1OC)CCN1Cc3c(ccc(OC)c3OS(=O)(=O)c3cccc(F)c3)CC21. The van der Waals surface area contributed by atoms with Gasteiger partial charge in [0, 0.05) is 24.7 Å². The summed E-state index contributed by atoms with van der Waals surface area (Å²) in [4.78, 5) is 14.3. The minimum absolute atomic E-state index is 0.0355. The molecular weight excluding hydrogens is 501 g/mol. The summed E-state index contributed by atoms with van der Waals surface area (Å²) in [5.74, 6) is -0.315. The maximum Gasteiger partial charge on any atom is 0.341 e. The van der Waals surface area contributed by atoms with Crippen LogP contribution in [0.5, 0.6) is 17.2 Å². The highest BCUT2D eigenvalue weighted by Gasteiger charge is 2.36. The molecule has 0 saturated carbocycles. The molecule has 3 aromatic rings. The van der Waals surface area contributed by atoms with Crippen LogP contribution in [-0.2, 0) is 34.2 Å². The maximum absolute atomic E-state index is 13.7. The van der Waals surface area contributed by atoms with Crippen molar-refractivity contribution in [3.63, 3.8) is 0 Å². The average molecular weight is 528 g/mol. The fraction of sp³-hybridized carbons (Fsp3) is 0.296. The number of methoxy groups -OCH3 is 3. The van der Waals surface area contributed by atoms with Crippen LogP contribution in [0.3, 0.4) is 0 Å². The van der Waals surface area contributed by atoms with E-state index in [1.54, 1.807) is 6.07 Å². The Morgan fingerprint density at radius 1 is 1.00 bits per heavy atom. The Hall–Kier alpha value is -3.63. The molecule has 0 N–H and O–H groups in total. The molecule has 3 aromatic carbocycles. The van der Waals surface area contributed by atoms with Crippen LogP contribution in [0.1, 0.15) is 38.7 Å². The van der Waals surface area contributed by atoms with E-state index in [1.165, 1.54) is 39.5 Å². The van der Waals surface area contributed by atoms with E-state index in [1.807, 2.05) is 18.2 Å². The number of hydrogen-bond acceptors (Lipinski definition) is 8. The largest absolute Gasteiger partial charge is 0.496 e. The molecule has 0 bridgehead atoms. The lowest BCUT2D eigenvalue weighted by molar-refractivity contribution is 0.0596. The normalized spacial score (nSPS) is 16.7. The van der Waals surface area contributed by atoms with Crippen molar-refractivity contribution < 1.29 is 36.0 Å². The Kier molecular flexibility index (Phi) is 6.55. The first-order valence-corrected chi connectivity index (χ1v) is 13.1. The lowest BCUT2D eigenvalue weighted by Gasteiger charge is -2.42. The maximum atomic E-state index is 13.7. The van der Waals surface area contributed by atoms with E-state index in [9.17, 15) is 17.6 Å². The number of fused-ring (bicyclic) bond motifs is 4. The summed E-state index contributed by atoms with van der Waals surface area (Å²) in [5, 5.41) is 0. The standard InChI is InChI=1S/C27H26FNO7S/c1-33-24-8-7-16-11-23-20-14-21(27(30)35-3)25(34-2)12-17(20)9-10-29(23)15-22(16)26(24)36-37(31,32)19-6-4-5-18(28)13-19/h4-8,12-14,23H,9-11,15H2,1-3H3. The Bertz CT molecular complexity index is 1490. The van der Waals surface area contributed by atoms with Gasteiger partial charge in [-0.2, -0.15) is 8.42 Å². The smallest absolute Gasteiger partial charge is 0.341 e. The molecule has 1 unspecified atom stereocenters. The van der Waals surface area contributed by atoms with E-state index >= 15 is 0 Å². The zero-order valence-corrected chi connectivity index (χ0v) is 21.4. The third-order valence-electron chi connectivity index (χ3n) is 6.93. The van der Waals surface area contributed by atoms with Gasteiger partial charge in [-0.1, -0.05) is 12.1 Å². The zero-order valence-electron chi connectivity index (χ0n) is 20.6. The highest BCUT2D eigenvalue weighted by atomic mass is 32.2. The molecule has 0 spiro atoms. The second-order valence-corrected chi connectivity index (χ2v) is 10.5. The van der Waals surface area contributed by atoms with Gasteiger partial charge in [-0.25, -0.2) is 9.18 Å². The second-order valence-electron chi connectivity index (χ2n) is 8.91. The summed E-state index contributed by atoms with van der Waals surface area (Å²) in [6.45, 7) is 1.12. The minimum Gasteiger partial charge on any atom is -0.496 e. The number of carbonyl (C=O) groups is 1. The number of hydrogen-bond donors (Lipinski definition) is 0. The Labute approximate surface area is 214 Å². The topological polar surface area (TPSA) is 91.4 Å². The number of halogens is 1. The molecule has 1 atom stereocenters. The number of carbonyl (C=O) groups excluding carboxylic acids is 1. The molecule has 5 rings (SSSR count). The van der Waals surface area contributed by atoms with Crippen LogP contribution < -0.4 is 13.7 Å². The molecule has 2 aliphatic rings. The summed E-state index contributed by atoms with van der Waals surface area (Å²) in [7, 11) is -0.0197. The van der Waals surface area contributed by atoms with Crippen molar-refractivity contribution in [2.45, 2.75) is 30.3 Å². The van der Waals surface area contributed by atoms with Crippen LogP contribution in [0.4, 0.5) is 4.39 Å². The number of rotatable bonds is 6. The van der Waals surface area contributed by atoms with Crippen molar-refractivity contribution >= 4 is 16.1 Å². The van der Waals surface area contributed by atoms with E-state index in [2.05, 4.69) is 4.90 Å². The van der Waals surface area contributed by atoms with E-state index in [4.69, 9.17) is 18.4 Å². The van der Waals surface area contributed by atoms with Crippen LogP contribution >= 0.6 is 0 Å². The van der Waals surface area contributed by atoms with Gasteiger partial charge in [0.15, 0.2) is 11.5 Å². The predicted octanol–water partition coefficient (Wildman–Crippen LogP) is 4.05. The van der Waals surface area contributed by atoms with Crippen molar-refractivity contribution in [3.8, 4) is 17.2 Å². The Morgan fingerprint density at radius 3 is 2.49 bits per heavy atom. The van der Waals surface area contributed by atoms with Crippen LogP contribution in [0.25, 0.3) is 0 Å². The Balaban J connectivity index is 1.55. The first-order valence-electron chi connectivity index (χ1n) is 11.7. The molecule has 0 fully saturated rings. The third kappa shape index (κ3) is 4.51. The second kappa shape index (κ2) is 9.68. The van der Waals surface area contributed by atoms with Gasteiger partial charge in [-0.15, -0.1) is 0 Å². The summed E-state index contributed by atoms with van der Waals surface area (Å²) in [6.07, 6.45) is 1.29.